The first kappa shape index (κ1) is 12.5. The average molecular weight is 319 g/mol. The summed E-state index contributed by atoms with van der Waals surface area (Å²) in [4.78, 5) is 0. The lowest BCUT2D eigenvalue weighted by atomic mass is 10.1. The summed E-state index contributed by atoms with van der Waals surface area (Å²) in [5, 5.41) is 0.801. The van der Waals surface area contributed by atoms with Crippen molar-refractivity contribution in [2.24, 2.45) is 0 Å². The van der Waals surface area contributed by atoms with Crippen LogP contribution in [0.15, 0.2) is 48.5 Å². The highest BCUT2D eigenvalue weighted by molar-refractivity contribution is 9.08. The molecule has 2 aromatic carbocycles. The molecule has 3 heteroatoms. The maximum atomic E-state index is 5.89. The van der Waals surface area contributed by atoms with Gasteiger partial charge in [0.2, 0.25) is 0 Å². The Balaban J connectivity index is 1.63. The second kappa shape index (κ2) is 5.66. The standard InChI is InChI=1S/C16H15BrO2/c17-10-13-6-2-3-7-15(13)18-11-14-9-12-5-1-4-8-16(12)19-14/h1-8,14H,9-11H2. The van der Waals surface area contributed by atoms with Gasteiger partial charge in [-0.15, -0.1) is 0 Å². The number of alkyl halides is 1. The smallest absolute Gasteiger partial charge is 0.137 e. The molecule has 1 unspecified atom stereocenters. The molecule has 1 heterocycles. The molecule has 0 aliphatic carbocycles. The Morgan fingerprint density at radius 2 is 1.89 bits per heavy atom. The lowest BCUT2D eigenvalue weighted by Crippen LogP contribution is -2.22. The van der Waals surface area contributed by atoms with Crippen LogP contribution in [0.5, 0.6) is 11.5 Å². The number of hydrogen-bond acceptors (Lipinski definition) is 2. The largest absolute Gasteiger partial charge is 0.489 e. The summed E-state index contributed by atoms with van der Waals surface area (Å²) in [5.74, 6) is 1.92. The summed E-state index contributed by atoms with van der Waals surface area (Å²) >= 11 is 3.47. The van der Waals surface area contributed by atoms with Gasteiger partial charge in [-0.1, -0.05) is 52.3 Å². The van der Waals surface area contributed by atoms with Crippen LogP contribution in [0.2, 0.25) is 0 Å². The topological polar surface area (TPSA) is 18.5 Å². The van der Waals surface area contributed by atoms with Crippen molar-refractivity contribution in [2.75, 3.05) is 6.61 Å². The Bertz CT molecular complexity index is 543. The lowest BCUT2D eigenvalue weighted by Gasteiger charge is -2.14. The van der Waals surface area contributed by atoms with Crippen LogP contribution in [-0.2, 0) is 11.8 Å². The second-order valence-corrected chi connectivity index (χ2v) is 5.16. The summed E-state index contributed by atoms with van der Waals surface area (Å²) in [5.41, 5.74) is 2.43. The van der Waals surface area contributed by atoms with Gasteiger partial charge in [-0.2, -0.15) is 0 Å². The second-order valence-electron chi connectivity index (χ2n) is 4.60. The zero-order chi connectivity index (χ0) is 13.1. The molecule has 0 radical (unpaired) electrons. The molecule has 19 heavy (non-hydrogen) atoms. The van der Waals surface area contributed by atoms with Crippen molar-refractivity contribution in [1.29, 1.82) is 0 Å². The molecule has 0 spiro atoms. The minimum Gasteiger partial charge on any atom is -0.489 e. The zero-order valence-electron chi connectivity index (χ0n) is 10.5. The third-order valence-electron chi connectivity index (χ3n) is 3.26. The molecule has 0 amide bonds. The molecular formula is C16H15BrO2. The van der Waals surface area contributed by atoms with Gasteiger partial charge in [0.1, 0.15) is 24.2 Å². The van der Waals surface area contributed by atoms with Crippen molar-refractivity contribution in [3.63, 3.8) is 0 Å². The Hall–Kier alpha value is -1.48. The molecule has 1 aliphatic rings. The third-order valence-corrected chi connectivity index (χ3v) is 3.86. The molecule has 0 aromatic heterocycles. The van der Waals surface area contributed by atoms with Crippen LogP contribution < -0.4 is 9.47 Å². The number of halogens is 1. The molecule has 2 aromatic rings. The van der Waals surface area contributed by atoms with Crippen LogP contribution in [-0.4, -0.2) is 12.7 Å². The molecule has 1 atom stereocenters. The van der Waals surface area contributed by atoms with Gasteiger partial charge in [-0.3, -0.25) is 0 Å². The first-order valence-corrected chi connectivity index (χ1v) is 7.50. The minimum atomic E-state index is 0.112. The van der Waals surface area contributed by atoms with Crippen molar-refractivity contribution in [3.8, 4) is 11.5 Å². The first-order chi connectivity index (χ1) is 9.36. The highest BCUT2D eigenvalue weighted by Crippen LogP contribution is 2.29. The molecule has 1 aliphatic heterocycles. The molecule has 98 valence electrons. The fraction of sp³-hybridized carbons (Fsp3) is 0.250. The average Bonchev–Trinajstić information content (AvgIpc) is 2.88. The van der Waals surface area contributed by atoms with E-state index in [4.69, 9.17) is 9.47 Å². The van der Waals surface area contributed by atoms with Gasteiger partial charge in [0, 0.05) is 17.3 Å². The van der Waals surface area contributed by atoms with E-state index in [1.165, 1.54) is 5.56 Å². The Labute approximate surface area is 121 Å². The number of ether oxygens (including phenoxy) is 2. The van der Waals surface area contributed by atoms with E-state index in [-0.39, 0.29) is 6.10 Å². The molecule has 0 saturated heterocycles. The van der Waals surface area contributed by atoms with E-state index in [1.807, 2.05) is 36.4 Å². The van der Waals surface area contributed by atoms with Crippen LogP contribution in [0.25, 0.3) is 0 Å². The predicted octanol–water partition coefficient (Wildman–Crippen LogP) is 3.96. The van der Waals surface area contributed by atoms with E-state index in [9.17, 15) is 0 Å². The van der Waals surface area contributed by atoms with E-state index in [2.05, 4.69) is 28.1 Å². The van der Waals surface area contributed by atoms with Crippen LogP contribution in [0.1, 0.15) is 11.1 Å². The van der Waals surface area contributed by atoms with Gasteiger partial charge < -0.3 is 9.47 Å². The van der Waals surface area contributed by atoms with Gasteiger partial charge in [0.15, 0.2) is 0 Å². The van der Waals surface area contributed by atoms with Gasteiger partial charge in [-0.25, -0.2) is 0 Å². The number of fused-ring (bicyclic) bond motifs is 1. The fourth-order valence-electron chi connectivity index (χ4n) is 2.28. The van der Waals surface area contributed by atoms with E-state index in [1.54, 1.807) is 0 Å². The number of hydrogen-bond donors (Lipinski definition) is 0. The van der Waals surface area contributed by atoms with E-state index < -0.39 is 0 Å². The number of rotatable bonds is 4. The van der Waals surface area contributed by atoms with E-state index in [0.717, 1.165) is 28.8 Å². The molecule has 0 N–H and O–H groups in total. The molecule has 0 bridgehead atoms. The third kappa shape index (κ3) is 2.76. The van der Waals surface area contributed by atoms with Crippen LogP contribution >= 0.6 is 15.9 Å². The molecule has 2 nitrogen and oxygen atoms in total. The summed E-state index contributed by atoms with van der Waals surface area (Å²) in [6.07, 6.45) is 1.04. The van der Waals surface area contributed by atoms with E-state index in [0.29, 0.717) is 6.61 Å². The maximum absolute atomic E-state index is 5.89. The van der Waals surface area contributed by atoms with Crippen molar-refractivity contribution >= 4 is 15.9 Å². The molecule has 0 saturated carbocycles. The highest BCUT2D eigenvalue weighted by atomic mass is 79.9. The highest BCUT2D eigenvalue weighted by Gasteiger charge is 2.22. The van der Waals surface area contributed by atoms with Crippen LogP contribution in [0.4, 0.5) is 0 Å². The summed E-state index contributed by atoms with van der Waals surface area (Å²) < 4.78 is 11.8. The summed E-state index contributed by atoms with van der Waals surface area (Å²) in [6.45, 7) is 0.582. The molecule has 0 fully saturated rings. The van der Waals surface area contributed by atoms with Crippen molar-refractivity contribution in [2.45, 2.75) is 17.9 Å². The SMILES string of the molecule is BrCc1ccccc1OCC1Cc2ccccc2O1. The molecular weight excluding hydrogens is 304 g/mol. The van der Waals surface area contributed by atoms with Gasteiger partial charge in [-0.05, 0) is 17.7 Å². The van der Waals surface area contributed by atoms with Crippen molar-refractivity contribution in [3.05, 3.63) is 59.7 Å². The summed E-state index contributed by atoms with van der Waals surface area (Å²) in [6, 6.07) is 16.3. The van der Waals surface area contributed by atoms with Crippen molar-refractivity contribution in [1.82, 2.24) is 0 Å². The Morgan fingerprint density at radius 3 is 2.74 bits per heavy atom. The van der Waals surface area contributed by atoms with Crippen LogP contribution in [0.3, 0.4) is 0 Å². The monoisotopic (exact) mass is 318 g/mol. The van der Waals surface area contributed by atoms with Gasteiger partial charge in [0.25, 0.3) is 0 Å². The van der Waals surface area contributed by atoms with E-state index >= 15 is 0 Å². The van der Waals surface area contributed by atoms with Crippen molar-refractivity contribution < 1.29 is 9.47 Å². The number of benzene rings is 2. The van der Waals surface area contributed by atoms with Gasteiger partial charge >= 0.3 is 0 Å². The maximum Gasteiger partial charge on any atom is 0.137 e. The van der Waals surface area contributed by atoms with Gasteiger partial charge in [0.05, 0.1) is 0 Å². The fourth-order valence-corrected chi connectivity index (χ4v) is 2.75. The zero-order valence-corrected chi connectivity index (χ0v) is 12.1. The van der Waals surface area contributed by atoms with Crippen LogP contribution in [0, 0.1) is 0 Å². The Morgan fingerprint density at radius 1 is 1.11 bits per heavy atom. The first-order valence-electron chi connectivity index (χ1n) is 6.38. The minimum absolute atomic E-state index is 0.112. The predicted molar refractivity (Wildman–Crippen MR) is 79.1 cm³/mol. The molecule has 3 rings (SSSR count). The lowest BCUT2D eigenvalue weighted by molar-refractivity contribution is 0.148. The summed E-state index contributed by atoms with van der Waals surface area (Å²) in [7, 11) is 0. The normalized spacial score (nSPS) is 16.8. The Kier molecular flexibility index (Phi) is 3.74. The number of para-hydroxylation sites is 2. The quantitative estimate of drug-likeness (QED) is 0.794.